The van der Waals surface area contributed by atoms with E-state index in [1.165, 1.54) is 0 Å². The van der Waals surface area contributed by atoms with Crippen LogP contribution in [0.25, 0.3) is 0 Å². The molecule has 0 aromatic heterocycles. The Hall–Kier alpha value is -1.88. The highest BCUT2D eigenvalue weighted by Crippen LogP contribution is 2.47. The minimum Gasteiger partial charge on any atom is -0.462 e. The predicted molar refractivity (Wildman–Crippen MR) is 114 cm³/mol. The second-order valence-electron chi connectivity index (χ2n) is 8.45. The maximum atomic E-state index is 13.2. The van der Waals surface area contributed by atoms with Gasteiger partial charge in [-0.1, -0.05) is 32.9 Å². The van der Waals surface area contributed by atoms with E-state index in [1.54, 1.807) is 11.8 Å². The van der Waals surface area contributed by atoms with Crippen LogP contribution < -0.4 is 0 Å². The molecule has 1 aliphatic carbocycles. The molecular weight excluding hydrogens is 370 g/mol. The van der Waals surface area contributed by atoms with Crippen molar-refractivity contribution < 1.29 is 14.3 Å². The zero-order valence-electron chi connectivity index (χ0n) is 17.4. The predicted octanol–water partition coefficient (Wildman–Crippen LogP) is 5.18. The van der Waals surface area contributed by atoms with E-state index in [0.717, 1.165) is 29.0 Å². The number of aliphatic imine (C=N–C) groups is 1. The average molecular weight is 400 g/mol. The molecule has 1 aromatic carbocycles. The Kier molecular flexibility index (Phi) is 6.13. The number of ether oxygens (including phenoxy) is 1. The summed E-state index contributed by atoms with van der Waals surface area (Å²) in [6.07, 6.45) is 4.07. The Morgan fingerprint density at radius 3 is 2.50 bits per heavy atom. The molecular formula is C23H29NO3S. The molecule has 1 fully saturated rings. The van der Waals surface area contributed by atoms with Crippen molar-refractivity contribution in [2.45, 2.75) is 57.8 Å². The smallest absolute Gasteiger partial charge is 0.336 e. The van der Waals surface area contributed by atoms with Crippen molar-refractivity contribution >= 4 is 29.2 Å². The molecule has 2 atom stereocenters. The minimum absolute atomic E-state index is 0.0970. The molecule has 1 heterocycles. The maximum absolute atomic E-state index is 13.2. The standard InChI is InChI=1S/C23H29NO3S/c1-6-11-27-22(26)19-14(2)24-17-12-23(3,4)13-18(25)21(17)20(19)15-7-9-16(28-5)10-8-15/h7-10,20-21H,6,11-13H2,1-5H3/t20-,21+/m0/s1. The fourth-order valence-electron chi connectivity index (χ4n) is 4.30. The Balaban J connectivity index is 2.11. The number of carbonyl (C=O) groups excluding carboxylic acids is 2. The number of nitrogens with zero attached hydrogens (tertiary/aromatic N) is 1. The van der Waals surface area contributed by atoms with E-state index < -0.39 is 0 Å². The molecule has 0 amide bonds. The van der Waals surface area contributed by atoms with Crippen molar-refractivity contribution in [3.63, 3.8) is 0 Å². The van der Waals surface area contributed by atoms with Crippen molar-refractivity contribution in [3.05, 3.63) is 41.1 Å². The lowest BCUT2D eigenvalue weighted by Gasteiger charge is -2.41. The maximum Gasteiger partial charge on any atom is 0.336 e. The first-order valence-electron chi connectivity index (χ1n) is 9.89. The van der Waals surface area contributed by atoms with Crippen LogP contribution in [0.5, 0.6) is 0 Å². The number of hydrogen-bond acceptors (Lipinski definition) is 5. The van der Waals surface area contributed by atoms with Crippen molar-refractivity contribution in [2.75, 3.05) is 12.9 Å². The van der Waals surface area contributed by atoms with E-state index in [2.05, 4.69) is 13.8 Å². The number of thioether (sulfide) groups is 1. The first-order valence-corrected chi connectivity index (χ1v) is 11.1. The van der Waals surface area contributed by atoms with Gasteiger partial charge in [0, 0.05) is 28.6 Å². The summed E-state index contributed by atoms with van der Waals surface area (Å²) in [4.78, 5) is 32.0. The molecule has 3 rings (SSSR count). The molecule has 0 spiro atoms. The van der Waals surface area contributed by atoms with Crippen LogP contribution in [0.3, 0.4) is 0 Å². The van der Waals surface area contributed by atoms with Crippen LogP contribution >= 0.6 is 11.8 Å². The van der Waals surface area contributed by atoms with Gasteiger partial charge in [0.2, 0.25) is 0 Å². The lowest BCUT2D eigenvalue weighted by molar-refractivity contribution is -0.139. The number of allylic oxidation sites excluding steroid dienone is 1. The van der Waals surface area contributed by atoms with Gasteiger partial charge in [-0.3, -0.25) is 9.79 Å². The van der Waals surface area contributed by atoms with Gasteiger partial charge < -0.3 is 4.74 Å². The first-order chi connectivity index (χ1) is 13.3. The molecule has 0 N–H and O–H groups in total. The van der Waals surface area contributed by atoms with Gasteiger partial charge in [0.25, 0.3) is 0 Å². The average Bonchev–Trinajstić information content (AvgIpc) is 2.64. The van der Waals surface area contributed by atoms with Gasteiger partial charge in [-0.25, -0.2) is 4.79 Å². The molecule has 1 aliphatic heterocycles. The van der Waals surface area contributed by atoms with Crippen LogP contribution in [0, 0.1) is 11.3 Å². The van der Waals surface area contributed by atoms with Crippen molar-refractivity contribution in [3.8, 4) is 0 Å². The molecule has 0 bridgehead atoms. The monoisotopic (exact) mass is 399 g/mol. The summed E-state index contributed by atoms with van der Waals surface area (Å²) in [7, 11) is 0. The number of ketones is 1. The van der Waals surface area contributed by atoms with Gasteiger partial charge >= 0.3 is 5.97 Å². The van der Waals surface area contributed by atoms with Crippen LogP contribution in [0.1, 0.15) is 58.4 Å². The molecule has 1 saturated carbocycles. The fraction of sp³-hybridized carbons (Fsp3) is 0.522. The quantitative estimate of drug-likeness (QED) is 0.506. The Morgan fingerprint density at radius 1 is 1.21 bits per heavy atom. The van der Waals surface area contributed by atoms with Gasteiger partial charge in [0.15, 0.2) is 0 Å². The van der Waals surface area contributed by atoms with Crippen molar-refractivity contribution in [1.82, 2.24) is 0 Å². The molecule has 5 heteroatoms. The third-order valence-electron chi connectivity index (χ3n) is 5.50. The zero-order valence-corrected chi connectivity index (χ0v) is 18.2. The van der Waals surface area contributed by atoms with Crippen LogP contribution in [-0.2, 0) is 14.3 Å². The molecule has 2 aliphatic rings. The van der Waals surface area contributed by atoms with Gasteiger partial charge in [-0.2, -0.15) is 0 Å². The highest BCUT2D eigenvalue weighted by molar-refractivity contribution is 7.98. The molecule has 150 valence electrons. The largest absolute Gasteiger partial charge is 0.462 e. The van der Waals surface area contributed by atoms with Crippen molar-refractivity contribution in [2.24, 2.45) is 16.3 Å². The van der Waals surface area contributed by atoms with Crippen LogP contribution in [-0.4, -0.2) is 30.3 Å². The Morgan fingerprint density at radius 2 is 1.89 bits per heavy atom. The highest BCUT2D eigenvalue weighted by atomic mass is 32.2. The van der Waals surface area contributed by atoms with E-state index in [-0.39, 0.29) is 29.0 Å². The molecule has 28 heavy (non-hydrogen) atoms. The molecule has 0 saturated heterocycles. The fourth-order valence-corrected chi connectivity index (χ4v) is 4.71. The SMILES string of the molecule is CCCOC(=O)C1=C(C)N=C2CC(C)(C)CC(=O)[C@@H]2[C@H]1c1ccc(SC)cc1. The second kappa shape index (κ2) is 8.24. The number of hydrogen-bond donors (Lipinski definition) is 0. The van der Waals surface area contributed by atoms with Crippen LogP contribution in [0.4, 0.5) is 0 Å². The summed E-state index contributed by atoms with van der Waals surface area (Å²) in [5.41, 5.74) is 3.00. The first kappa shape index (κ1) is 20.8. The van der Waals surface area contributed by atoms with E-state index in [1.807, 2.05) is 44.4 Å². The number of benzene rings is 1. The summed E-state index contributed by atoms with van der Waals surface area (Å²) in [5.74, 6) is -0.877. The normalized spacial score (nSPS) is 23.9. The zero-order chi connectivity index (χ0) is 20.5. The third kappa shape index (κ3) is 4.09. The topological polar surface area (TPSA) is 55.7 Å². The van der Waals surface area contributed by atoms with Gasteiger partial charge in [0.05, 0.1) is 18.1 Å². The lowest BCUT2D eigenvalue weighted by Crippen LogP contribution is -2.44. The summed E-state index contributed by atoms with van der Waals surface area (Å²) in [6.45, 7) is 8.42. The van der Waals surface area contributed by atoms with E-state index >= 15 is 0 Å². The van der Waals surface area contributed by atoms with E-state index in [9.17, 15) is 9.59 Å². The molecule has 1 aromatic rings. The number of carbonyl (C=O) groups is 2. The van der Waals surface area contributed by atoms with Crippen LogP contribution in [0.15, 0.2) is 45.4 Å². The lowest BCUT2D eigenvalue weighted by atomic mass is 9.63. The van der Waals surface area contributed by atoms with Crippen molar-refractivity contribution in [1.29, 1.82) is 0 Å². The van der Waals surface area contributed by atoms with Gasteiger partial charge in [-0.05, 0) is 49.1 Å². The minimum atomic E-state index is -0.374. The number of esters is 1. The molecule has 0 radical (unpaired) electrons. The van der Waals surface area contributed by atoms with Gasteiger partial charge in [0.1, 0.15) is 5.78 Å². The van der Waals surface area contributed by atoms with Crippen LogP contribution in [0.2, 0.25) is 0 Å². The second-order valence-corrected chi connectivity index (χ2v) is 9.33. The molecule has 4 nitrogen and oxygen atoms in total. The summed E-state index contributed by atoms with van der Waals surface area (Å²) < 4.78 is 5.47. The Bertz CT molecular complexity index is 836. The molecule has 0 unspecified atom stereocenters. The summed E-state index contributed by atoms with van der Waals surface area (Å²) in [5, 5.41) is 0. The highest BCUT2D eigenvalue weighted by Gasteiger charge is 2.47. The number of Topliss-reactive ketones (excluding diaryl/α,β-unsaturated/α-hetero) is 1. The number of fused-ring (bicyclic) bond motifs is 1. The third-order valence-corrected chi connectivity index (χ3v) is 6.24. The summed E-state index contributed by atoms with van der Waals surface area (Å²) in [6, 6.07) is 8.17. The van der Waals surface area contributed by atoms with E-state index in [4.69, 9.17) is 9.73 Å². The summed E-state index contributed by atoms with van der Waals surface area (Å²) >= 11 is 1.67. The number of rotatable bonds is 5. The van der Waals surface area contributed by atoms with E-state index in [0.29, 0.717) is 24.3 Å². The Labute approximate surface area is 171 Å². The van der Waals surface area contributed by atoms with Gasteiger partial charge in [-0.15, -0.1) is 11.8 Å².